The second-order valence-electron chi connectivity index (χ2n) is 3.82. The number of rotatable bonds is 5. The monoisotopic (exact) mass is 268 g/mol. The van der Waals surface area contributed by atoms with Crippen LogP contribution in [0.15, 0.2) is 18.2 Å². The molecule has 0 radical (unpaired) electrons. The van der Waals surface area contributed by atoms with Gasteiger partial charge in [0.15, 0.2) is 12.4 Å². The first-order valence-electron chi connectivity index (χ1n) is 5.17. The number of carbonyl (C=O) groups is 2. The number of carboxylic acid groups (broad SMARTS) is 1. The molecule has 1 amide bonds. The van der Waals surface area contributed by atoms with Crippen molar-refractivity contribution in [2.24, 2.45) is 0 Å². The van der Waals surface area contributed by atoms with Gasteiger partial charge < -0.3 is 14.7 Å². The highest BCUT2D eigenvalue weighted by molar-refractivity contribution is 5.94. The molecule has 0 saturated carbocycles. The molecule has 1 N–H and O–H groups in total. The van der Waals surface area contributed by atoms with E-state index >= 15 is 0 Å². The first kappa shape index (κ1) is 14.4. The number of hydrogen-bond acceptors (Lipinski definition) is 5. The molecule has 1 rings (SSSR count). The maximum atomic E-state index is 11.7. The molecule has 0 spiro atoms. The number of nitro benzene ring substituents is 1. The Bertz CT molecular complexity index is 526. The number of benzene rings is 1. The SMILES string of the molecule is CN(C)C(=O)c1ccc(OCC(=O)O)c([N+](=O)[O-])c1. The molecule has 0 aliphatic heterocycles. The minimum absolute atomic E-state index is 0.124. The fourth-order valence-corrected chi connectivity index (χ4v) is 1.31. The summed E-state index contributed by atoms with van der Waals surface area (Å²) in [6.45, 7) is -0.693. The molecule has 19 heavy (non-hydrogen) atoms. The van der Waals surface area contributed by atoms with Crippen molar-refractivity contribution in [2.45, 2.75) is 0 Å². The van der Waals surface area contributed by atoms with Gasteiger partial charge in [-0.3, -0.25) is 14.9 Å². The smallest absolute Gasteiger partial charge is 0.341 e. The van der Waals surface area contributed by atoms with Crippen LogP contribution in [0.4, 0.5) is 5.69 Å². The lowest BCUT2D eigenvalue weighted by Crippen LogP contribution is -2.21. The number of carboxylic acids is 1. The molecule has 8 nitrogen and oxygen atoms in total. The van der Waals surface area contributed by atoms with Gasteiger partial charge in [-0.05, 0) is 12.1 Å². The summed E-state index contributed by atoms with van der Waals surface area (Å²) in [6.07, 6.45) is 0. The first-order chi connectivity index (χ1) is 8.82. The van der Waals surface area contributed by atoms with E-state index in [0.717, 1.165) is 6.07 Å². The lowest BCUT2D eigenvalue weighted by molar-refractivity contribution is -0.385. The van der Waals surface area contributed by atoms with E-state index in [0.29, 0.717) is 0 Å². The summed E-state index contributed by atoms with van der Waals surface area (Å²) in [6, 6.07) is 3.60. The van der Waals surface area contributed by atoms with Crippen LogP contribution in [0.5, 0.6) is 5.75 Å². The number of hydrogen-bond donors (Lipinski definition) is 1. The Hall–Kier alpha value is -2.64. The second kappa shape index (κ2) is 5.80. The van der Waals surface area contributed by atoms with Crippen LogP contribution in [0.25, 0.3) is 0 Å². The van der Waals surface area contributed by atoms with Crippen LogP contribution in [0.3, 0.4) is 0 Å². The van der Waals surface area contributed by atoms with Crippen LogP contribution in [0, 0.1) is 10.1 Å². The van der Waals surface area contributed by atoms with Crippen LogP contribution >= 0.6 is 0 Å². The maximum Gasteiger partial charge on any atom is 0.341 e. The van der Waals surface area contributed by atoms with Crippen LogP contribution < -0.4 is 4.74 Å². The van der Waals surface area contributed by atoms with Gasteiger partial charge in [-0.1, -0.05) is 0 Å². The summed E-state index contributed by atoms with van der Waals surface area (Å²) in [5.41, 5.74) is -0.326. The van der Waals surface area contributed by atoms with Gasteiger partial charge in [0.1, 0.15) is 0 Å². The Kier molecular flexibility index (Phi) is 4.41. The summed E-state index contributed by atoms with van der Waals surface area (Å²) in [5.74, 6) is -1.83. The zero-order valence-corrected chi connectivity index (χ0v) is 10.3. The van der Waals surface area contributed by atoms with Crippen LogP contribution in [0.2, 0.25) is 0 Å². The van der Waals surface area contributed by atoms with Crippen LogP contribution in [-0.4, -0.2) is 47.5 Å². The van der Waals surface area contributed by atoms with Crippen molar-refractivity contribution >= 4 is 17.6 Å². The molecule has 0 aliphatic carbocycles. The van der Waals surface area contributed by atoms with Crippen molar-refractivity contribution < 1.29 is 24.4 Å². The highest BCUT2D eigenvalue weighted by Gasteiger charge is 2.20. The Labute approximate surface area is 108 Å². The molecular formula is C11H12N2O6. The van der Waals surface area contributed by atoms with Gasteiger partial charge in [0.2, 0.25) is 0 Å². The third kappa shape index (κ3) is 3.66. The summed E-state index contributed by atoms with van der Waals surface area (Å²) in [5, 5.41) is 19.3. The molecule has 102 valence electrons. The minimum Gasteiger partial charge on any atom is -0.479 e. The number of nitrogens with zero attached hydrogens (tertiary/aromatic N) is 2. The molecule has 0 bridgehead atoms. The van der Waals surface area contributed by atoms with E-state index in [1.807, 2.05) is 0 Å². The summed E-state index contributed by atoms with van der Waals surface area (Å²) in [7, 11) is 3.03. The molecule has 0 fully saturated rings. The van der Waals surface area contributed by atoms with E-state index in [1.54, 1.807) is 0 Å². The van der Waals surface area contributed by atoms with Crippen LogP contribution in [-0.2, 0) is 4.79 Å². The molecule has 0 heterocycles. The van der Waals surface area contributed by atoms with E-state index in [-0.39, 0.29) is 11.3 Å². The van der Waals surface area contributed by atoms with Gasteiger partial charge in [-0.2, -0.15) is 0 Å². The minimum atomic E-state index is -1.25. The molecular weight excluding hydrogens is 256 g/mol. The van der Waals surface area contributed by atoms with E-state index in [2.05, 4.69) is 0 Å². The standard InChI is InChI=1S/C11H12N2O6/c1-12(2)11(16)7-3-4-9(19-6-10(14)15)8(5-7)13(17)18/h3-5H,6H2,1-2H3,(H,14,15). The third-order valence-corrected chi connectivity index (χ3v) is 2.16. The lowest BCUT2D eigenvalue weighted by atomic mass is 10.1. The van der Waals surface area contributed by atoms with Gasteiger partial charge in [-0.25, -0.2) is 4.79 Å². The number of amides is 1. The maximum absolute atomic E-state index is 11.7. The topological polar surface area (TPSA) is 110 Å². The highest BCUT2D eigenvalue weighted by atomic mass is 16.6. The summed E-state index contributed by atoms with van der Waals surface area (Å²) >= 11 is 0. The van der Waals surface area contributed by atoms with Crippen molar-refractivity contribution in [3.05, 3.63) is 33.9 Å². The van der Waals surface area contributed by atoms with E-state index < -0.39 is 29.1 Å². The van der Waals surface area contributed by atoms with Gasteiger partial charge in [0.05, 0.1) is 4.92 Å². The predicted octanol–water partition coefficient (Wildman–Crippen LogP) is 0.760. The number of carbonyl (C=O) groups excluding carboxylic acids is 1. The van der Waals surface area contributed by atoms with Crippen LogP contribution in [0.1, 0.15) is 10.4 Å². The lowest BCUT2D eigenvalue weighted by Gasteiger charge is -2.11. The Morgan fingerprint density at radius 3 is 2.53 bits per heavy atom. The first-order valence-corrected chi connectivity index (χ1v) is 5.17. The van der Waals surface area contributed by atoms with E-state index in [1.165, 1.54) is 31.1 Å². The molecule has 0 aliphatic rings. The summed E-state index contributed by atoms with van der Waals surface area (Å²) in [4.78, 5) is 33.4. The second-order valence-corrected chi connectivity index (χ2v) is 3.82. The summed E-state index contributed by atoms with van der Waals surface area (Å²) < 4.78 is 4.79. The van der Waals surface area contributed by atoms with Crippen molar-refractivity contribution in [3.8, 4) is 5.75 Å². The average Bonchev–Trinajstić information content (AvgIpc) is 2.34. The van der Waals surface area contributed by atoms with E-state index in [9.17, 15) is 19.7 Å². The molecule has 0 saturated heterocycles. The van der Waals surface area contributed by atoms with Gasteiger partial charge in [0, 0.05) is 25.7 Å². The molecule has 1 aromatic carbocycles. The third-order valence-electron chi connectivity index (χ3n) is 2.16. The van der Waals surface area contributed by atoms with Crippen molar-refractivity contribution in [3.63, 3.8) is 0 Å². The number of nitro groups is 1. The van der Waals surface area contributed by atoms with Gasteiger partial charge >= 0.3 is 11.7 Å². The number of aliphatic carboxylic acids is 1. The van der Waals surface area contributed by atoms with Crippen molar-refractivity contribution in [2.75, 3.05) is 20.7 Å². The normalized spacial score (nSPS) is 9.79. The Balaban J connectivity index is 3.11. The molecule has 1 aromatic rings. The van der Waals surface area contributed by atoms with E-state index in [4.69, 9.17) is 9.84 Å². The van der Waals surface area contributed by atoms with Crippen molar-refractivity contribution in [1.29, 1.82) is 0 Å². The van der Waals surface area contributed by atoms with Gasteiger partial charge in [-0.15, -0.1) is 0 Å². The number of ether oxygens (including phenoxy) is 1. The Morgan fingerprint density at radius 1 is 1.42 bits per heavy atom. The zero-order chi connectivity index (χ0) is 14.6. The molecule has 0 atom stereocenters. The fourth-order valence-electron chi connectivity index (χ4n) is 1.31. The zero-order valence-electron chi connectivity index (χ0n) is 10.3. The molecule has 0 unspecified atom stereocenters. The highest BCUT2D eigenvalue weighted by Crippen LogP contribution is 2.28. The fraction of sp³-hybridized carbons (Fsp3) is 0.273. The largest absolute Gasteiger partial charge is 0.479 e. The average molecular weight is 268 g/mol. The molecule has 8 heteroatoms. The quantitative estimate of drug-likeness (QED) is 0.623. The molecule has 0 aromatic heterocycles. The van der Waals surface area contributed by atoms with Crippen molar-refractivity contribution in [1.82, 2.24) is 4.90 Å². The Morgan fingerprint density at radius 2 is 2.05 bits per heavy atom. The van der Waals surface area contributed by atoms with Gasteiger partial charge in [0.25, 0.3) is 5.91 Å². The predicted molar refractivity (Wildman–Crippen MR) is 64.2 cm³/mol.